The summed E-state index contributed by atoms with van der Waals surface area (Å²) >= 11 is 2.86. The van der Waals surface area contributed by atoms with Gasteiger partial charge in [0.2, 0.25) is 0 Å². The van der Waals surface area contributed by atoms with E-state index in [1.807, 2.05) is 12.1 Å². The number of methoxy groups -OCH3 is 1. The monoisotopic (exact) mass is 214 g/mol. The minimum absolute atomic E-state index is 0.838. The molecule has 1 nitrogen and oxygen atoms in total. The Morgan fingerprint density at radius 2 is 1.82 bits per heavy atom. The Balaban J connectivity index is 2.90. The number of hydrogen-bond donors (Lipinski definition) is 0. The zero-order valence-corrected chi connectivity index (χ0v) is 8.34. The Bertz CT molecular complexity index is 251. The molecule has 1 aromatic carbocycles. The second-order valence-electron chi connectivity index (χ2n) is 2.36. The van der Waals surface area contributed by atoms with E-state index in [2.05, 4.69) is 34.6 Å². The maximum atomic E-state index is 5.04. The molecule has 0 heterocycles. The van der Waals surface area contributed by atoms with Gasteiger partial charge in [0, 0.05) is 0 Å². The molecule has 0 aliphatic carbocycles. The van der Waals surface area contributed by atoms with Crippen LogP contribution in [0.3, 0.4) is 0 Å². The van der Waals surface area contributed by atoms with Gasteiger partial charge in [-0.25, -0.2) is 0 Å². The number of rotatable bonds is 2. The van der Waals surface area contributed by atoms with Gasteiger partial charge in [0.1, 0.15) is 0 Å². The number of aryl methyl sites for hydroxylation is 1. The minimum atomic E-state index is 0.838. The van der Waals surface area contributed by atoms with Crippen molar-refractivity contribution in [3.8, 4) is 0 Å². The number of benzene rings is 1. The average molecular weight is 213 g/mol. The second kappa shape index (κ2) is 3.70. The first-order valence-electron chi connectivity index (χ1n) is 3.39. The summed E-state index contributed by atoms with van der Waals surface area (Å²) in [5, 5.41) is 0. The van der Waals surface area contributed by atoms with Gasteiger partial charge >= 0.3 is 74.3 Å². The van der Waals surface area contributed by atoms with Crippen molar-refractivity contribution in [2.24, 2.45) is 0 Å². The van der Waals surface area contributed by atoms with Gasteiger partial charge in [-0.2, -0.15) is 0 Å². The first-order chi connectivity index (χ1) is 5.24. The van der Waals surface area contributed by atoms with E-state index in [1.54, 1.807) is 7.11 Å². The van der Waals surface area contributed by atoms with Crippen molar-refractivity contribution in [1.29, 1.82) is 0 Å². The van der Waals surface area contributed by atoms with Gasteiger partial charge in [-0.15, -0.1) is 0 Å². The standard InChI is InChI=1S/C9H10OSe/c1-7-3-5-8(6-4-7)9(11)10-2/h3-6H,1-2H3. The molecular weight excluding hydrogens is 203 g/mol. The van der Waals surface area contributed by atoms with Gasteiger partial charge in [-0.1, -0.05) is 0 Å². The Kier molecular flexibility index (Phi) is 2.86. The predicted octanol–water partition coefficient (Wildman–Crippen LogP) is 1.29. The van der Waals surface area contributed by atoms with E-state index in [1.165, 1.54) is 5.56 Å². The molecule has 0 saturated heterocycles. The SMILES string of the molecule is COC(=[Se])c1ccc(C)cc1. The molecule has 0 saturated carbocycles. The van der Waals surface area contributed by atoms with E-state index in [0.29, 0.717) is 0 Å². The molecule has 0 spiro atoms. The molecule has 0 atom stereocenters. The van der Waals surface area contributed by atoms with Gasteiger partial charge in [0.25, 0.3) is 0 Å². The van der Waals surface area contributed by atoms with Crippen LogP contribution in [0.25, 0.3) is 0 Å². The van der Waals surface area contributed by atoms with Gasteiger partial charge < -0.3 is 0 Å². The van der Waals surface area contributed by atoms with Gasteiger partial charge in [-0.05, 0) is 0 Å². The van der Waals surface area contributed by atoms with E-state index in [9.17, 15) is 0 Å². The van der Waals surface area contributed by atoms with Crippen LogP contribution in [-0.4, -0.2) is 27.3 Å². The summed E-state index contributed by atoms with van der Waals surface area (Å²) in [6, 6.07) is 8.19. The fourth-order valence-electron chi connectivity index (χ4n) is 0.807. The van der Waals surface area contributed by atoms with E-state index < -0.39 is 0 Å². The van der Waals surface area contributed by atoms with Crippen molar-refractivity contribution in [3.63, 3.8) is 0 Å². The van der Waals surface area contributed by atoms with Crippen LogP contribution in [0.5, 0.6) is 0 Å². The van der Waals surface area contributed by atoms with Crippen molar-refractivity contribution in [2.75, 3.05) is 7.11 Å². The second-order valence-corrected chi connectivity index (χ2v) is 3.14. The summed E-state index contributed by atoms with van der Waals surface area (Å²) in [7, 11) is 1.66. The van der Waals surface area contributed by atoms with Crippen molar-refractivity contribution >= 4 is 20.2 Å². The molecule has 1 rings (SSSR count). The fourth-order valence-corrected chi connectivity index (χ4v) is 1.09. The summed E-state index contributed by atoms with van der Waals surface area (Å²) in [5.74, 6) is 0. The molecule has 11 heavy (non-hydrogen) atoms. The normalized spacial score (nSPS) is 9.27. The first kappa shape index (κ1) is 8.51. The van der Waals surface area contributed by atoms with Crippen molar-refractivity contribution in [2.45, 2.75) is 6.92 Å². The molecular formula is C9H10OSe. The third kappa shape index (κ3) is 2.18. The molecule has 0 aliphatic heterocycles. The molecule has 0 aromatic heterocycles. The average Bonchev–Trinajstić information content (AvgIpc) is 2.05. The van der Waals surface area contributed by atoms with Crippen LogP contribution >= 0.6 is 0 Å². The molecule has 1 aromatic rings. The van der Waals surface area contributed by atoms with Crippen LogP contribution in [0.1, 0.15) is 11.1 Å². The zero-order valence-electron chi connectivity index (χ0n) is 6.63. The van der Waals surface area contributed by atoms with Crippen LogP contribution in [-0.2, 0) is 4.74 Å². The van der Waals surface area contributed by atoms with Gasteiger partial charge in [0.15, 0.2) is 0 Å². The molecule has 0 radical (unpaired) electrons. The third-order valence-corrected chi connectivity index (χ3v) is 2.32. The Labute approximate surface area is 74.7 Å². The number of ether oxygens (including phenoxy) is 1. The van der Waals surface area contributed by atoms with Crippen LogP contribution in [0.4, 0.5) is 0 Å². The molecule has 0 unspecified atom stereocenters. The van der Waals surface area contributed by atoms with Crippen molar-refractivity contribution in [3.05, 3.63) is 35.4 Å². The maximum absolute atomic E-state index is 5.04. The van der Waals surface area contributed by atoms with Crippen LogP contribution < -0.4 is 0 Å². The Hall–Kier alpha value is -0.591. The first-order valence-corrected chi connectivity index (χ1v) is 4.24. The summed E-state index contributed by atoms with van der Waals surface area (Å²) in [6.07, 6.45) is 0. The van der Waals surface area contributed by atoms with Gasteiger partial charge in [-0.3, -0.25) is 0 Å². The summed E-state index contributed by atoms with van der Waals surface area (Å²) in [6.45, 7) is 2.07. The topological polar surface area (TPSA) is 9.23 Å². The van der Waals surface area contributed by atoms with E-state index in [4.69, 9.17) is 4.74 Å². The van der Waals surface area contributed by atoms with Gasteiger partial charge in [0.05, 0.1) is 0 Å². The van der Waals surface area contributed by atoms with E-state index in [-0.39, 0.29) is 0 Å². The van der Waals surface area contributed by atoms with Crippen LogP contribution in [0, 0.1) is 6.92 Å². The van der Waals surface area contributed by atoms with Crippen LogP contribution in [0.15, 0.2) is 24.3 Å². The quantitative estimate of drug-likeness (QED) is 0.672. The van der Waals surface area contributed by atoms with Crippen LogP contribution in [0.2, 0.25) is 0 Å². The van der Waals surface area contributed by atoms with Crippen molar-refractivity contribution in [1.82, 2.24) is 0 Å². The van der Waals surface area contributed by atoms with E-state index in [0.717, 1.165) is 10.2 Å². The third-order valence-electron chi connectivity index (χ3n) is 1.47. The molecule has 58 valence electrons. The molecule has 0 aliphatic rings. The fraction of sp³-hybridized carbons (Fsp3) is 0.222. The zero-order chi connectivity index (χ0) is 8.27. The Morgan fingerprint density at radius 3 is 2.27 bits per heavy atom. The number of hydrogen-bond acceptors (Lipinski definition) is 1. The molecule has 0 N–H and O–H groups in total. The predicted molar refractivity (Wildman–Crippen MR) is 48.1 cm³/mol. The summed E-state index contributed by atoms with van der Waals surface area (Å²) in [5.41, 5.74) is 2.36. The summed E-state index contributed by atoms with van der Waals surface area (Å²) in [4.78, 5) is 0. The summed E-state index contributed by atoms with van der Waals surface area (Å²) < 4.78 is 5.88. The van der Waals surface area contributed by atoms with Crippen molar-refractivity contribution < 1.29 is 4.74 Å². The van der Waals surface area contributed by atoms with E-state index >= 15 is 0 Å². The molecule has 0 bridgehead atoms. The molecule has 2 heteroatoms. The molecule has 0 fully saturated rings. The Morgan fingerprint density at radius 1 is 1.27 bits per heavy atom. The molecule has 0 amide bonds.